The van der Waals surface area contributed by atoms with Crippen molar-refractivity contribution in [3.05, 3.63) is 41.8 Å². The maximum atomic E-state index is 13.8. The van der Waals surface area contributed by atoms with Gasteiger partial charge in [0, 0.05) is 24.8 Å². The average Bonchev–Trinajstić information content (AvgIpc) is 2.75. The van der Waals surface area contributed by atoms with Crippen molar-refractivity contribution in [1.82, 2.24) is 15.1 Å². The molecule has 17 heavy (non-hydrogen) atoms. The molecule has 0 aliphatic rings. The molecule has 1 N–H and O–H groups in total. The third-order valence-corrected chi connectivity index (χ3v) is 3.02. The zero-order valence-electron chi connectivity index (χ0n) is 10.2. The number of halogens is 1. The van der Waals surface area contributed by atoms with Crippen molar-refractivity contribution in [2.24, 2.45) is 7.05 Å². The Morgan fingerprint density at radius 1 is 1.35 bits per heavy atom. The Bertz CT molecular complexity index is 519. The van der Waals surface area contributed by atoms with Crippen molar-refractivity contribution in [2.75, 3.05) is 7.05 Å². The zero-order valence-corrected chi connectivity index (χ0v) is 10.2. The van der Waals surface area contributed by atoms with Crippen molar-refractivity contribution in [3.8, 4) is 11.3 Å². The molecule has 1 aromatic carbocycles. The molecule has 3 nitrogen and oxygen atoms in total. The third-order valence-electron chi connectivity index (χ3n) is 3.02. The van der Waals surface area contributed by atoms with Crippen LogP contribution >= 0.6 is 0 Å². The van der Waals surface area contributed by atoms with Gasteiger partial charge >= 0.3 is 0 Å². The van der Waals surface area contributed by atoms with Crippen LogP contribution < -0.4 is 5.32 Å². The molecule has 0 radical (unpaired) electrons. The summed E-state index contributed by atoms with van der Waals surface area (Å²) in [4.78, 5) is 0. The van der Waals surface area contributed by atoms with E-state index in [1.54, 1.807) is 16.9 Å². The lowest BCUT2D eigenvalue weighted by Crippen LogP contribution is -2.12. The van der Waals surface area contributed by atoms with Gasteiger partial charge in [0.1, 0.15) is 5.82 Å². The summed E-state index contributed by atoms with van der Waals surface area (Å²) in [6.07, 6.45) is 1.67. The van der Waals surface area contributed by atoms with Gasteiger partial charge in [0.2, 0.25) is 0 Å². The van der Waals surface area contributed by atoms with E-state index in [2.05, 4.69) is 10.4 Å². The highest BCUT2D eigenvalue weighted by Crippen LogP contribution is 2.25. The fraction of sp³-hybridized carbons (Fsp3) is 0.308. The summed E-state index contributed by atoms with van der Waals surface area (Å²) < 4.78 is 15.5. The maximum absolute atomic E-state index is 13.8. The summed E-state index contributed by atoms with van der Waals surface area (Å²) in [5, 5.41) is 7.21. The van der Waals surface area contributed by atoms with Gasteiger partial charge in [-0.3, -0.25) is 4.68 Å². The monoisotopic (exact) mass is 233 g/mol. The van der Waals surface area contributed by atoms with Gasteiger partial charge in [-0.25, -0.2) is 4.39 Å². The second kappa shape index (κ2) is 4.67. The van der Waals surface area contributed by atoms with Gasteiger partial charge in [0.05, 0.1) is 5.69 Å². The number of aryl methyl sites for hydroxylation is 1. The molecule has 1 unspecified atom stereocenters. The topological polar surface area (TPSA) is 29.9 Å². The largest absolute Gasteiger partial charge is 0.313 e. The Balaban J connectivity index is 2.50. The number of aromatic nitrogens is 2. The van der Waals surface area contributed by atoms with Gasteiger partial charge in [-0.15, -0.1) is 0 Å². The first-order chi connectivity index (χ1) is 8.13. The predicted molar refractivity (Wildman–Crippen MR) is 66.1 cm³/mol. The summed E-state index contributed by atoms with van der Waals surface area (Å²) >= 11 is 0. The Morgan fingerprint density at radius 2 is 2.12 bits per heavy atom. The molecule has 0 aliphatic heterocycles. The second-order valence-electron chi connectivity index (χ2n) is 4.09. The fourth-order valence-corrected chi connectivity index (χ4v) is 1.81. The first-order valence-corrected chi connectivity index (χ1v) is 5.58. The highest BCUT2D eigenvalue weighted by Gasteiger charge is 2.11. The molecule has 0 saturated heterocycles. The standard InChI is InChI=1S/C13H16FN3/c1-9(15-2)10-4-5-12(14)11(8-10)13-6-7-16-17(13)3/h4-9,15H,1-3H3. The van der Waals surface area contributed by atoms with Crippen molar-refractivity contribution >= 4 is 0 Å². The highest BCUT2D eigenvalue weighted by molar-refractivity contribution is 5.61. The molecule has 2 rings (SSSR count). The fourth-order valence-electron chi connectivity index (χ4n) is 1.81. The molecule has 90 valence electrons. The van der Waals surface area contributed by atoms with E-state index >= 15 is 0 Å². The molecule has 4 heteroatoms. The van der Waals surface area contributed by atoms with Gasteiger partial charge in [-0.05, 0) is 37.7 Å². The van der Waals surface area contributed by atoms with E-state index in [4.69, 9.17) is 0 Å². The first kappa shape index (κ1) is 11.8. The minimum atomic E-state index is -0.222. The molecule has 0 fully saturated rings. The summed E-state index contributed by atoms with van der Waals surface area (Å²) in [6.45, 7) is 2.04. The van der Waals surface area contributed by atoms with Crippen LogP contribution in [-0.2, 0) is 7.05 Å². The molecule has 1 atom stereocenters. The molecule has 0 aliphatic carbocycles. The van der Waals surface area contributed by atoms with Gasteiger partial charge < -0.3 is 5.32 Å². The third kappa shape index (κ3) is 2.22. The number of hydrogen-bond donors (Lipinski definition) is 1. The Morgan fingerprint density at radius 3 is 2.71 bits per heavy atom. The van der Waals surface area contributed by atoms with Crippen LogP contribution in [0.25, 0.3) is 11.3 Å². The van der Waals surface area contributed by atoms with Gasteiger partial charge in [-0.2, -0.15) is 5.10 Å². The van der Waals surface area contributed by atoms with Crippen molar-refractivity contribution in [1.29, 1.82) is 0 Å². The smallest absolute Gasteiger partial charge is 0.132 e. The van der Waals surface area contributed by atoms with Crippen LogP contribution in [0.5, 0.6) is 0 Å². The average molecular weight is 233 g/mol. The Hall–Kier alpha value is -1.68. The molecular formula is C13H16FN3. The molecular weight excluding hydrogens is 217 g/mol. The molecule has 0 saturated carbocycles. The van der Waals surface area contributed by atoms with Gasteiger partial charge in [0.25, 0.3) is 0 Å². The van der Waals surface area contributed by atoms with Crippen LogP contribution in [0.1, 0.15) is 18.5 Å². The van der Waals surface area contributed by atoms with E-state index in [0.29, 0.717) is 5.56 Å². The summed E-state index contributed by atoms with van der Waals surface area (Å²) in [5.41, 5.74) is 2.43. The highest BCUT2D eigenvalue weighted by atomic mass is 19.1. The van der Waals surface area contributed by atoms with Crippen LogP contribution in [0.4, 0.5) is 4.39 Å². The quantitative estimate of drug-likeness (QED) is 0.882. The van der Waals surface area contributed by atoms with Crippen LogP contribution in [0.2, 0.25) is 0 Å². The molecule has 0 spiro atoms. The number of nitrogens with one attached hydrogen (secondary N) is 1. The van der Waals surface area contributed by atoms with Crippen molar-refractivity contribution in [3.63, 3.8) is 0 Å². The molecule has 1 aromatic heterocycles. The van der Waals surface area contributed by atoms with Crippen LogP contribution in [0, 0.1) is 5.82 Å². The summed E-state index contributed by atoms with van der Waals surface area (Å²) in [6, 6.07) is 7.18. The minimum Gasteiger partial charge on any atom is -0.313 e. The van der Waals surface area contributed by atoms with E-state index in [0.717, 1.165) is 11.3 Å². The van der Waals surface area contributed by atoms with E-state index < -0.39 is 0 Å². The van der Waals surface area contributed by atoms with E-state index in [1.165, 1.54) is 6.07 Å². The predicted octanol–water partition coefficient (Wildman–Crippen LogP) is 2.51. The van der Waals surface area contributed by atoms with Crippen molar-refractivity contribution in [2.45, 2.75) is 13.0 Å². The summed E-state index contributed by atoms with van der Waals surface area (Å²) in [5.74, 6) is -0.222. The number of nitrogens with zero attached hydrogens (tertiary/aromatic N) is 2. The molecule has 0 amide bonds. The zero-order chi connectivity index (χ0) is 12.4. The SMILES string of the molecule is CNC(C)c1ccc(F)c(-c2ccnn2C)c1. The Labute approximate surface area is 100 Å². The van der Waals surface area contributed by atoms with E-state index in [-0.39, 0.29) is 11.9 Å². The number of benzene rings is 1. The first-order valence-electron chi connectivity index (χ1n) is 5.58. The second-order valence-corrected chi connectivity index (χ2v) is 4.09. The van der Waals surface area contributed by atoms with Crippen LogP contribution in [0.3, 0.4) is 0 Å². The Kier molecular flexibility index (Phi) is 3.24. The van der Waals surface area contributed by atoms with Crippen LogP contribution in [-0.4, -0.2) is 16.8 Å². The van der Waals surface area contributed by atoms with Crippen LogP contribution in [0.15, 0.2) is 30.5 Å². The van der Waals surface area contributed by atoms with E-state index in [9.17, 15) is 4.39 Å². The lowest BCUT2D eigenvalue weighted by molar-refractivity contribution is 0.619. The molecule has 0 bridgehead atoms. The maximum Gasteiger partial charge on any atom is 0.132 e. The van der Waals surface area contributed by atoms with E-state index in [1.807, 2.05) is 33.2 Å². The molecule has 1 heterocycles. The normalized spacial score (nSPS) is 12.7. The number of rotatable bonds is 3. The molecule has 2 aromatic rings. The lowest BCUT2D eigenvalue weighted by atomic mass is 10.0. The number of hydrogen-bond acceptors (Lipinski definition) is 2. The summed E-state index contributed by atoms with van der Waals surface area (Å²) in [7, 11) is 3.70. The van der Waals surface area contributed by atoms with Gasteiger partial charge in [-0.1, -0.05) is 6.07 Å². The van der Waals surface area contributed by atoms with Gasteiger partial charge in [0.15, 0.2) is 0 Å². The van der Waals surface area contributed by atoms with Crippen molar-refractivity contribution < 1.29 is 4.39 Å². The minimum absolute atomic E-state index is 0.197. The lowest BCUT2D eigenvalue weighted by Gasteiger charge is -2.13.